The number of carbonyl (C=O) groups is 2. The Morgan fingerprint density at radius 1 is 1.06 bits per heavy atom. The van der Waals surface area contributed by atoms with Crippen molar-refractivity contribution in [3.05, 3.63) is 66.0 Å². The summed E-state index contributed by atoms with van der Waals surface area (Å²) >= 11 is 0. The van der Waals surface area contributed by atoms with E-state index in [4.69, 9.17) is 0 Å². The Morgan fingerprint density at radius 3 is 2.47 bits per heavy atom. The largest absolute Gasteiger partial charge is 0.342 e. The standard InChI is InChI=1S/C27H35N3O2/c1-20(2)19-30-25(31)11-10-24(26(30)23-9-6-14-28-18-23)27(32)29-15-12-22(13-16-29)17-21-7-4-3-5-8-21/h3-9,14,18,20,22,24,26H,10-13,15-17,19H2,1-2H3. The van der Waals surface area contributed by atoms with Gasteiger partial charge in [0.05, 0.1) is 12.0 Å². The van der Waals surface area contributed by atoms with Gasteiger partial charge in [-0.1, -0.05) is 50.2 Å². The normalized spacial score (nSPS) is 22.4. The molecule has 2 aliphatic heterocycles. The minimum absolute atomic E-state index is 0.151. The number of likely N-dealkylation sites (tertiary alicyclic amines) is 2. The molecular formula is C27H35N3O2. The molecule has 1 aromatic carbocycles. The Kier molecular flexibility index (Phi) is 7.23. The number of rotatable bonds is 6. The van der Waals surface area contributed by atoms with Crippen LogP contribution >= 0.6 is 0 Å². The van der Waals surface area contributed by atoms with E-state index in [1.807, 2.05) is 23.2 Å². The molecule has 2 unspecified atom stereocenters. The number of hydrogen-bond donors (Lipinski definition) is 0. The SMILES string of the molecule is CC(C)CN1C(=O)CCC(C(=O)N2CCC(Cc3ccccc3)CC2)C1c1cccnc1. The van der Waals surface area contributed by atoms with E-state index in [2.05, 4.69) is 54.1 Å². The first-order valence-electron chi connectivity index (χ1n) is 12.0. The first-order valence-corrected chi connectivity index (χ1v) is 12.0. The minimum Gasteiger partial charge on any atom is -0.342 e. The number of amides is 2. The Morgan fingerprint density at radius 2 is 1.81 bits per heavy atom. The van der Waals surface area contributed by atoms with E-state index in [1.165, 1.54) is 5.56 Å². The van der Waals surface area contributed by atoms with Crippen LogP contribution in [0.2, 0.25) is 0 Å². The van der Waals surface area contributed by atoms with Gasteiger partial charge in [-0.3, -0.25) is 14.6 Å². The van der Waals surface area contributed by atoms with Crippen LogP contribution in [0.4, 0.5) is 0 Å². The molecule has 32 heavy (non-hydrogen) atoms. The molecule has 0 aliphatic carbocycles. The van der Waals surface area contributed by atoms with Crippen LogP contribution in [-0.4, -0.2) is 46.2 Å². The molecule has 0 saturated carbocycles. The molecule has 2 atom stereocenters. The number of benzene rings is 1. The predicted molar refractivity (Wildman–Crippen MR) is 126 cm³/mol. The molecule has 5 nitrogen and oxygen atoms in total. The Bertz CT molecular complexity index is 892. The number of carbonyl (C=O) groups excluding carboxylic acids is 2. The van der Waals surface area contributed by atoms with Crippen molar-refractivity contribution in [3.8, 4) is 0 Å². The van der Waals surface area contributed by atoms with Crippen LogP contribution in [0.5, 0.6) is 0 Å². The van der Waals surface area contributed by atoms with E-state index in [1.54, 1.807) is 6.20 Å². The summed E-state index contributed by atoms with van der Waals surface area (Å²) in [7, 11) is 0. The lowest BCUT2D eigenvalue weighted by molar-refractivity contribution is -0.149. The van der Waals surface area contributed by atoms with Crippen molar-refractivity contribution in [2.45, 2.75) is 52.0 Å². The fraction of sp³-hybridized carbons (Fsp3) is 0.519. The molecule has 5 heteroatoms. The zero-order chi connectivity index (χ0) is 22.5. The van der Waals surface area contributed by atoms with Gasteiger partial charge in [0.2, 0.25) is 11.8 Å². The summed E-state index contributed by atoms with van der Waals surface area (Å²) in [6, 6.07) is 14.3. The highest BCUT2D eigenvalue weighted by Crippen LogP contribution is 2.38. The highest BCUT2D eigenvalue weighted by Gasteiger charge is 2.42. The van der Waals surface area contributed by atoms with Gasteiger partial charge in [0, 0.05) is 38.4 Å². The highest BCUT2D eigenvalue weighted by atomic mass is 16.2. The molecule has 3 heterocycles. The molecule has 2 aromatic rings. The quantitative estimate of drug-likeness (QED) is 0.674. The number of aromatic nitrogens is 1. The van der Waals surface area contributed by atoms with Crippen molar-refractivity contribution < 1.29 is 9.59 Å². The first-order chi connectivity index (χ1) is 15.5. The maximum absolute atomic E-state index is 13.7. The van der Waals surface area contributed by atoms with Gasteiger partial charge in [0.25, 0.3) is 0 Å². The summed E-state index contributed by atoms with van der Waals surface area (Å²) < 4.78 is 0. The number of nitrogens with zero attached hydrogens (tertiary/aromatic N) is 3. The van der Waals surface area contributed by atoms with Crippen LogP contribution in [0.3, 0.4) is 0 Å². The van der Waals surface area contributed by atoms with E-state index in [0.29, 0.717) is 31.2 Å². The van der Waals surface area contributed by atoms with Gasteiger partial charge in [-0.2, -0.15) is 0 Å². The summed E-state index contributed by atoms with van der Waals surface area (Å²) in [5.74, 6) is 1.14. The zero-order valence-electron chi connectivity index (χ0n) is 19.3. The third kappa shape index (κ3) is 5.20. The van der Waals surface area contributed by atoms with E-state index in [-0.39, 0.29) is 23.8 Å². The second-order valence-corrected chi connectivity index (χ2v) is 9.77. The Labute approximate surface area is 191 Å². The molecule has 170 valence electrons. The van der Waals surface area contributed by atoms with Crippen LogP contribution in [0, 0.1) is 17.8 Å². The number of pyridine rings is 1. The lowest BCUT2D eigenvalue weighted by Gasteiger charge is -2.44. The summed E-state index contributed by atoms with van der Waals surface area (Å²) in [5.41, 5.74) is 2.35. The summed E-state index contributed by atoms with van der Waals surface area (Å²) in [4.78, 5) is 34.8. The third-order valence-electron chi connectivity index (χ3n) is 6.90. The second kappa shape index (κ2) is 10.3. The molecule has 2 amide bonds. The highest BCUT2D eigenvalue weighted by molar-refractivity contribution is 5.85. The van der Waals surface area contributed by atoms with Crippen LogP contribution in [0.25, 0.3) is 0 Å². The van der Waals surface area contributed by atoms with Gasteiger partial charge < -0.3 is 9.80 Å². The monoisotopic (exact) mass is 433 g/mol. The summed E-state index contributed by atoms with van der Waals surface area (Å²) in [6.45, 7) is 6.53. The van der Waals surface area contributed by atoms with Gasteiger partial charge in [0.1, 0.15) is 0 Å². The van der Waals surface area contributed by atoms with Crippen LogP contribution in [0.1, 0.15) is 56.7 Å². The maximum atomic E-state index is 13.7. The molecule has 2 saturated heterocycles. The van der Waals surface area contributed by atoms with Gasteiger partial charge in [-0.25, -0.2) is 0 Å². The number of piperidine rings is 2. The lowest BCUT2D eigenvalue weighted by atomic mass is 9.82. The summed E-state index contributed by atoms with van der Waals surface area (Å²) in [6.07, 6.45) is 7.80. The predicted octanol–water partition coefficient (Wildman–Crippen LogP) is 4.50. The van der Waals surface area contributed by atoms with Crippen molar-refractivity contribution in [2.75, 3.05) is 19.6 Å². The molecule has 2 aliphatic rings. The Balaban J connectivity index is 1.47. The topological polar surface area (TPSA) is 53.5 Å². The molecule has 2 fully saturated rings. The molecule has 0 N–H and O–H groups in total. The van der Waals surface area contributed by atoms with E-state index in [0.717, 1.165) is 37.9 Å². The van der Waals surface area contributed by atoms with Crippen LogP contribution in [-0.2, 0) is 16.0 Å². The van der Waals surface area contributed by atoms with E-state index < -0.39 is 0 Å². The first kappa shape index (κ1) is 22.5. The summed E-state index contributed by atoms with van der Waals surface area (Å²) in [5, 5.41) is 0. The Hall–Kier alpha value is -2.69. The fourth-order valence-electron chi connectivity index (χ4n) is 5.32. The average Bonchev–Trinajstić information content (AvgIpc) is 2.81. The molecule has 0 radical (unpaired) electrons. The lowest BCUT2D eigenvalue weighted by Crippen LogP contribution is -2.51. The third-order valence-corrected chi connectivity index (χ3v) is 6.90. The van der Waals surface area contributed by atoms with E-state index >= 15 is 0 Å². The van der Waals surface area contributed by atoms with Gasteiger partial charge in [-0.05, 0) is 54.7 Å². The molecule has 0 bridgehead atoms. The molecular weight excluding hydrogens is 398 g/mol. The second-order valence-electron chi connectivity index (χ2n) is 9.77. The van der Waals surface area contributed by atoms with Crippen molar-refractivity contribution in [1.82, 2.24) is 14.8 Å². The number of hydrogen-bond acceptors (Lipinski definition) is 3. The molecule has 0 spiro atoms. The average molecular weight is 434 g/mol. The van der Waals surface area contributed by atoms with Gasteiger partial charge in [0.15, 0.2) is 0 Å². The molecule has 4 rings (SSSR count). The maximum Gasteiger partial charge on any atom is 0.228 e. The van der Waals surface area contributed by atoms with E-state index in [9.17, 15) is 9.59 Å². The minimum atomic E-state index is -0.220. The zero-order valence-corrected chi connectivity index (χ0v) is 19.3. The fourth-order valence-corrected chi connectivity index (χ4v) is 5.32. The van der Waals surface area contributed by atoms with Crippen molar-refractivity contribution in [3.63, 3.8) is 0 Å². The van der Waals surface area contributed by atoms with Crippen LogP contribution in [0.15, 0.2) is 54.9 Å². The van der Waals surface area contributed by atoms with Gasteiger partial charge in [-0.15, -0.1) is 0 Å². The van der Waals surface area contributed by atoms with Crippen LogP contribution < -0.4 is 0 Å². The van der Waals surface area contributed by atoms with Crippen molar-refractivity contribution >= 4 is 11.8 Å². The van der Waals surface area contributed by atoms with Gasteiger partial charge >= 0.3 is 0 Å². The molecule has 1 aromatic heterocycles. The van der Waals surface area contributed by atoms with Crippen molar-refractivity contribution in [1.29, 1.82) is 0 Å². The smallest absolute Gasteiger partial charge is 0.228 e. The van der Waals surface area contributed by atoms with Crippen molar-refractivity contribution in [2.24, 2.45) is 17.8 Å².